The fourth-order valence-electron chi connectivity index (χ4n) is 1.92. The van der Waals surface area contributed by atoms with Crippen LogP contribution in [0, 0.1) is 0 Å². The maximum atomic E-state index is 12.2. The van der Waals surface area contributed by atoms with Gasteiger partial charge >= 0.3 is 0 Å². The molecule has 4 nitrogen and oxygen atoms in total. The van der Waals surface area contributed by atoms with Crippen LogP contribution in [0.2, 0.25) is 5.02 Å². The molecular formula is C13H15ClN2O2. The molecule has 5 heteroatoms. The van der Waals surface area contributed by atoms with Crippen molar-refractivity contribution in [2.45, 2.75) is 6.42 Å². The van der Waals surface area contributed by atoms with E-state index in [0.29, 0.717) is 30.3 Å². The molecule has 0 fully saturated rings. The van der Waals surface area contributed by atoms with Crippen LogP contribution in [0.15, 0.2) is 30.1 Å². The van der Waals surface area contributed by atoms with Gasteiger partial charge in [0, 0.05) is 32.6 Å². The van der Waals surface area contributed by atoms with Gasteiger partial charge in [-0.3, -0.25) is 9.78 Å². The molecule has 0 aliphatic carbocycles. The van der Waals surface area contributed by atoms with Gasteiger partial charge in [0.25, 0.3) is 5.91 Å². The number of nitrogens with zero attached hydrogens (tertiary/aromatic N) is 2. The minimum Gasteiger partial charge on any atom is -0.380 e. The molecule has 2 heterocycles. The lowest BCUT2D eigenvalue weighted by Gasteiger charge is -2.26. The van der Waals surface area contributed by atoms with Gasteiger partial charge < -0.3 is 9.64 Å². The van der Waals surface area contributed by atoms with Crippen LogP contribution in [0.5, 0.6) is 0 Å². The van der Waals surface area contributed by atoms with Gasteiger partial charge in [0.15, 0.2) is 0 Å². The Bertz CT molecular complexity index is 474. The molecule has 1 amide bonds. The summed E-state index contributed by atoms with van der Waals surface area (Å²) in [4.78, 5) is 17.9. The quantitative estimate of drug-likeness (QED) is 0.788. The normalized spacial score (nSPS) is 15.4. The molecule has 0 saturated heterocycles. The van der Waals surface area contributed by atoms with Gasteiger partial charge in [0.1, 0.15) is 0 Å². The van der Waals surface area contributed by atoms with Crippen molar-refractivity contribution in [1.82, 2.24) is 9.88 Å². The molecule has 0 spiro atoms. The Morgan fingerprint density at radius 3 is 3.06 bits per heavy atom. The highest BCUT2D eigenvalue weighted by atomic mass is 35.5. The van der Waals surface area contributed by atoms with Crippen LogP contribution >= 0.6 is 11.6 Å². The minimum absolute atomic E-state index is 0.0687. The fraction of sp³-hybridized carbons (Fsp3) is 0.385. The maximum Gasteiger partial charge on any atom is 0.257 e. The highest BCUT2D eigenvalue weighted by Crippen LogP contribution is 2.18. The molecule has 0 saturated carbocycles. The summed E-state index contributed by atoms with van der Waals surface area (Å²) in [6, 6.07) is 1.63. The van der Waals surface area contributed by atoms with Crippen LogP contribution in [-0.4, -0.2) is 42.6 Å². The first-order chi connectivity index (χ1) is 8.72. The molecule has 0 unspecified atom stereocenters. The monoisotopic (exact) mass is 266 g/mol. The number of carbonyl (C=O) groups is 1. The summed E-state index contributed by atoms with van der Waals surface area (Å²) in [5, 5.41) is 0.446. The van der Waals surface area contributed by atoms with E-state index in [1.54, 1.807) is 24.3 Å². The summed E-state index contributed by atoms with van der Waals surface area (Å²) >= 11 is 5.99. The number of pyridine rings is 1. The van der Waals surface area contributed by atoms with Gasteiger partial charge in [-0.05, 0) is 18.1 Å². The van der Waals surface area contributed by atoms with Gasteiger partial charge in [-0.25, -0.2) is 0 Å². The first kappa shape index (κ1) is 13.1. The molecular weight excluding hydrogens is 252 g/mol. The third-order valence-electron chi connectivity index (χ3n) is 2.92. The lowest BCUT2D eigenvalue weighted by molar-refractivity contribution is 0.0764. The zero-order chi connectivity index (χ0) is 13.0. The Balaban J connectivity index is 2.06. The van der Waals surface area contributed by atoms with Crippen LogP contribution in [0.3, 0.4) is 0 Å². The number of ether oxygens (including phenoxy) is 1. The molecule has 0 radical (unpaired) electrons. The van der Waals surface area contributed by atoms with E-state index in [2.05, 4.69) is 4.98 Å². The Hall–Kier alpha value is -1.39. The summed E-state index contributed by atoms with van der Waals surface area (Å²) < 4.78 is 5.08. The highest BCUT2D eigenvalue weighted by molar-refractivity contribution is 6.33. The van der Waals surface area contributed by atoms with Crippen molar-refractivity contribution in [2.24, 2.45) is 0 Å². The van der Waals surface area contributed by atoms with Crippen LogP contribution in [0.25, 0.3) is 0 Å². The third-order valence-corrected chi connectivity index (χ3v) is 3.25. The van der Waals surface area contributed by atoms with Crippen LogP contribution < -0.4 is 0 Å². The lowest BCUT2D eigenvalue weighted by atomic mass is 10.1. The SMILES string of the molecule is COCC1=CCN(C(=O)c2cnccc2Cl)CC1. The summed E-state index contributed by atoms with van der Waals surface area (Å²) in [5.41, 5.74) is 1.70. The third kappa shape index (κ3) is 2.89. The highest BCUT2D eigenvalue weighted by Gasteiger charge is 2.20. The zero-order valence-electron chi connectivity index (χ0n) is 10.2. The minimum atomic E-state index is -0.0687. The standard InChI is InChI=1S/C13H15ClN2O2/c1-18-9-10-3-6-16(7-4-10)13(17)11-8-15-5-2-12(11)14/h2-3,5,8H,4,6-7,9H2,1H3. The molecule has 0 atom stereocenters. The van der Waals surface area contributed by atoms with E-state index in [0.717, 1.165) is 6.42 Å². The van der Waals surface area contributed by atoms with E-state index >= 15 is 0 Å². The Morgan fingerprint density at radius 2 is 2.44 bits per heavy atom. The second-order valence-corrected chi connectivity index (χ2v) is 4.56. The molecule has 1 aromatic heterocycles. The average Bonchev–Trinajstić information content (AvgIpc) is 2.40. The molecule has 1 aliphatic heterocycles. The molecule has 0 bridgehead atoms. The predicted octanol–water partition coefficient (Wildman–Crippen LogP) is 2.15. The van der Waals surface area contributed by atoms with E-state index in [1.165, 1.54) is 11.8 Å². The van der Waals surface area contributed by atoms with Gasteiger partial charge in [-0.15, -0.1) is 0 Å². The van der Waals surface area contributed by atoms with E-state index in [1.807, 2.05) is 6.08 Å². The second-order valence-electron chi connectivity index (χ2n) is 4.15. The van der Waals surface area contributed by atoms with Gasteiger partial charge in [-0.2, -0.15) is 0 Å². The first-order valence-electron chi connectivity index (χ1n) is 5.78. The van der Waals surface area contributed by atoms with E-state index in [4.69, 9.17) is 16.3 Å². The smallest absolute Gasteiger partial charge is 0.257 e. The van der Waals surface area contributed by atoms with E-state index in [-0.39, 0.29) is 5.91 Å². The summed E-state index contributed by atoms with van der Waals surface area (Å²) in [7, 11) is 1.67. The van der Waals surface area contributed by atoms with Gasteiger partial charge in [0.05, 0.1) is 17.2 Å². The summed E-state index contributed by atoms with van der Waals surface area (Å²) in [6.07, 6.45) is 5.97. The number of hydrogen-bond acceptors (Lipinski definition) is 3. The second kappa shape index (κ2) is 5.98. The van der Waals surface area contributed by atoms with Crippen molar-refractivity contribution < 1.29 is 9.53 Å². The molecule has 96 valence electrons. The topological polar surface area (TPSA) is 42.4 Å². The number of carbonyl (C=O) groups excluding carboxylic acids is 1. The molecule has 0 N–H and O–H groups in total. The molecule has 2 rings (SSSR count). The Morgan fingerprint density at radius 1 is 1.61 bits per heavy atom. The fourth-order valence-corrected chi connectivity index (χ4v) is 2.10. The number of aromatic nitrogens is 1. The molecule has 1 aliphatic rings. The zero-order valence-corrected chi connectivity index (χ0v) is 11.0. The van der Waals surface area contributed by atoms with Crippen LogP contribution in [0.4, 0.5) is 0 Å². The number of hydrogen-bond donors (Lipinski definition) is 0. The van der Waals surface area contributed by atoms with Crippen LogP contribution in [0.1, 0.15) is 16.8 Å². The van der Waals surface area contributed by atoms with Crippen molar-refractivity contribution in [3.63, 3.8) is 0 Å². The van der Waals surface area contributed by atoms with Crippen molar-refractivity contribution in [3.8, 4) is 0 Å². The van der Waals surface area contributed by atoms with Gasteiger partial charge in [-0.1, -0.05) is 17.7 Å². The predicted molar refractivity (Wildman–Crippen MR) is 69.7 cm³/mol. The van der Waals surface area contributed by atoms with Crippen molar-refractivity contribution in [2.75, 3.05) is 26.8 Å². The van der Waals surface area contributed by atoms with Crippen molar-refractivity contribution in [1.29, 1.82) is 0 Å². The van der Waals surface area contributed by atoms with E-state index in [9.17, 15) is 4.79 Å². The number of amides is 1. The summed E-state index contributed by atoms with van der Waals surface area (Å²) in [5.74, 6) is -0.0687. The van der Waals surface area contributed by atoms with Crippen molar-refractivity contribution >= 4 is 17.5 Å². The van der Waals surface area contributed by atoms with Crippen LogP contribution in [-0.2, 0) is 4.74 Å². The largest absolute Gasteiger partial charge is 0.380 e. The average molecular weight is 267 g/mol. The Kier molecular flexibility index (Phi) is 4.33. The number of halogens is 1. The molecule has 18 heavy (non-hydrogen) atoms. The first-order valence-corrected chi connectivity index (χ1v) is 6.16. The lowest BCUT2D eigenvalue weighted by Crippen LogP contribution is -2.35. The number of rotatable bonds is 3. The van der Waals surface area contributed by atoms with Crippen molar-refractivity contribution in [3.05, 3.63) is 40.7 Å². The molecule has 0 aromatic carbocycles. The Labute approximate surface area is 111 Å². The summed E-state index contributed by atoms with van der Waals surface area (Å²) in [6.45, 7) is 1.93. The van der Waals surface area contributed by atoms with E-state index < -0.39 is 0 Å². The maximum absolute atomic E-state index is 12.2. The molecule has 1 aromatic rings. The number of methoxy groups -OCH3 is 1. The van der Waals surface area contributed by atoms with Gasteiger partial charge in [0.2, 0.25) is 0 Å².